The molecular formula is C14H19F2N3O. The molecule has 0 radical (unpaired) electrons. The van der Waals surface area contributed by atoms with E-state index in [1.54, 1.807) is 0 Å². The van der Waals surface area contributed by atoms with Crippen molar-refractivity contribution in [1.82, 2.24) is 10.2 Å². The fourth-order valence-corrected chi connectivity index (χ4v) is 2.42. The van der Waals surface area contributed by atoms with E-state index in [1.807, 2.05) is 6.92 Å². The number of carbonyl (C=O) groups excluding carboxylic acids is 1. The van der Waals surface area contributed by atoms with Crippen LogP contribution in [-0.2, 0) is 0 Å². The van der Waals surface area contributed by atoms with Crippen molar-refractivity contribution < 1.29 is 13.6 Å². The molecule has 1 fully saturated rings. The van der Waals surface area contributed by atoms with E-state index in [4.69, 9.17) is 5.73 Å². The van der Waals surface area contributed by atoms with Crippen LogP contribution in [0.15, 0.2) is 12.1 Å². The van der Waals surface area contributed by atoms with Gasteiger partial charge in [-0.3, -0.25) is 9.69 Å². The molecule has 2 rings (SSSR count). The summed E-state index contributed by atoms with van der Waals surface area (Å²) in [6, 6.07) is 2.25. The van der Waals surface area contributed by atoms with Gasteiger partial charge in [-0.15, -0.1) is 0 Å². The molecule has 0 bridgehead atoms. The van der Waals surface area contributed by atoms with Gasteiger partial charge in [-0.1, -0.05) is 0 Å². The Morgan fingerprint density at radius 3 is 2.70 bits per heavy atom. The molecule has 20 heavy (non-hydrogen) atoms. The molecule has 1 aromatic rings. The van der Waals surface area contributed by atoms with Crippen LogP contribution in [0.3, 0.4) is 0 Å². The van der Waals surface area contributed by atoms with Crippen molar-refractivity contribution in [2.24, 2.45) is 0 Å². The molecule has 1 unspecified atom stereocenters. The molecule has 1 aliphatic heterocycles. The van der Waals surface area contributed by atoms with Crippen LogP contribution in [0.4, 0.5) is 14.5 Å². The molecule has 0 saturated carbocycles. The second-order valence-electron chi connectivity index (χ2n) is 5.13. The highest BCUT2D eigenvalue weighted by Gasteiger charge is 2.22. The van der Waals surface area contributed by atoms with Crippen molar-refractivity contribution in [2.45, 2.75) is 25.8 Å². The molecule has 1 heterocycles. The molecular weight excluding hydrogens is 264 g/mol. The predicted molar refractivity (Wildman–Crippen MR) is 73.4 cm³/mol. The van der Waals surface area contributed by atoms with Gasteiger partial charge in [0.15, 0.2) is 5.82 Å². The Labute approximate surface area is 116 Å². The lowest BCUT2D eigenvalue weighted by molar-refractivity contribution is 0.0932. The minimum atomic E-state index is -1.00. The predicted octanol–water partition coefficient (Wildman–Crippen LogP) is 1.76. The van der Waals surface area contributed by atoms with Gasteiger partial charge in [0.25, 0.3) is 5.91 Å². The van der Waals surface area contributed by atoms with E-state index < -0.39 is 23.1 Å². The van der Waals surface area contributed by atoms with Crippen LogP contribution in [0, 0.1) is 11.6 Å². The maximum atomic E-state index is 13.7. The number of nitrogen functional groups attached to an aromatic ring is 1. The van der Waals surface area contributed by atoms with Gasteiger partial charge in [0, 0.05) is 12.6 Å². The standard InChI is InChI=1S/C14H19F2N3O/c1-9(19-6-2-3-7-19)8-18-14(20)12-10(15)4-5-11(17)13(12)16/h4-5,9H,2-3,6-8,17H2,1H3,(H,18,20). The van der Waals surface area contributed by atoms with Gasteiger partial charge in [0.1, 0.15) is 11.4 Å². The van der Waals surface area contributed by atoms with Gasteiger partial charge < -0.3 is 11.1 Å². The van der Waals surface area contributed by atoms with Crippen LogP contribution in [0.1, 0.15) is 30.1 Å². The Bertz CT molecular complexity index is 501. The number of carbonyl (C=O) groups is 1. The first-order chi connectivity index (χ1) is 9.50. The number of likely N-dealkylation sites (tertiary alicyclic amines) is 1. The summed E-state index contributed by atoms with van der Waals surface area (Å²) in [6.45, 7) is 4.33. The first-order valence-corrected chi connectivity index (χ1v) is 6.76. The molecule has 1 aliphatic rings. The van der Waals surface area contributed by atoms with Crippen molar-refractivity contribution >= 4 is 11.6 Å². The van der Waals surface area contributed by atoms with Crippen LogP contribution in [0.5, 0.6) is 0 Å². The molecule has 0 spiro atoms. The number of hydrogen-bond acceptors (Lipinski definition) is 3. The van der Waals surface area contributed by atoms with E-state index in [1.165, 1.54) is 0 Å². The van der Waals surface area contributed by atoms with E-state index in [9.17, 15) is 13.6 Å². The summed E-state index contributed by atoms with van der Waals surface area (Å²) < 4.78 is 27.2. The first-order valence-electron chi connectivity index (χ1n) is 6.76. The highest BCUT2D eigenvalue weighted by Crippen LogP contribution is 2.18. The second kappa shape index (κ2) is 6.17. The maximum Gasteiger partial charge on any atom is 0.257 e. The summed E-state index contributed by atoms with van der Waals surface area (Å²) in [6.07, 6.45) is 2.30. The summed E-state index contributed by atoms with van der Waals surface area (Å²) >= 11 is 0. The maximum absolute atomic E-state index is 13.7. The van der Waals surface area contributed by atoms with Crippen molar-refractivity contribution in [3.8, 4) is 0 Å². The van der Waals surface area contributed by atoms with Crippen molar-refractivity contribution in [3.63, 3.8) is 0 Å². The monoisotopic (exact) mass is 283 g/mol. The van der Waals surface area contributed by atoms with E-state index in [-0.39, 0.29) is 11.7 Å². The molecule has 110 valence electrons. The fourth-order valence-electron chi connectivity index (χ4n) is 2.42. The number of rotatable bonds is 4. The number of anilines is 1. The Hall–Kier alpha value is -1.69. The van der Waals surface area contributed by atoms with Gasteiger partial charge in [-0.05, 0) is 45.0 Å². The van der Waals surface area contributed by atoms with Gasteiger partial charge in [0.05, 0.1) is 5.69 Å². The van der Waals surface area contributed by atoms with Crippen molar-refractivity contribution in [1.29, 1.82) is 0 Å². The van der Waals surface area contributed by atoms with Crippen molar-refractivity contribution in [2.75, 3.05) is 25.4 Å². The molecule has 1 saturated heterocycles. The molecule has 0 aliphatic carbocycles. The third-order valence-electron chi connectivity index (χ3n) is 3.67. The highest BCUT2D eigenvalue weighted by molar-refractivity contribution is 5.95. The third-order valence-corrected chi connectivity index (χ3v) is 3.67. The molecule has 1 amide bonds. The summed E-state index contributed by atoms with van der Waals surface area (Å²) in [5, 5.41) is 2.57. The van der Waals surface area contributed by atoms with Gasteiger partial charge >= 0.3 is 0 Å². The second-order valence-corrected chi connectivity index (χ2v) is 5.13. The van der Waals surface area contributed by atoms with Gasteiger partial charge in [-0.25, -0.2) is 8.78 Å². The Morgan fingerprint density at radius 2 is 2.05 bits per heavy atom. The summed E-state index contributed by atoms with van der Waals surface area (Å²) in [4.78, 5) is 14.1. The van der Waals surface area contributed by atoms with E-state index >= 15 is 0 Å². The summed E-state index contributed by atoms with van der Waals surface area (Å²) in [7, 11) is 0. The lowest BCUT2D eigenvalue weighted by Crippen LogP contribution is -2.41. The summed E-state index contributed by atoms with van der Waals surface area (Å²) in [5.74, 6) is -2.67. The first kappa shape index (κ1) is 14.7. The average Bonchev–Trinajstić information content (AvgIpc) is 2.95. The van der Waals surface area contributed by atoms with Gasteiger partial charge in [-0.2, -0.15) is 0 Å². The van der Waals surface area contributed by atoms with Crippen LogP contribution >= 0.6 is 0 Å². The molecule has 4 nitrogen and oxygen atoms in total. The van der Waals surface area contributed by atoms with E-state index in [0.29, 0.717) is 6.54 Å². The molecule has 0 aromatic heterocycles. The van der Waals surface area contributed by atoms with E-state index in [2.05, 4.69) is 10.2 Å². The topological polar surface area (TPSA) is 58.4 Å². The Morgan fingerprint density at radius 1 is 1.40 bits per heavy atom. The zero-order chi connectivity index (χ0) is 14.7. The van der Waals surface area contributed by atoms with Crippen LogP contribution < -0.4 is 11.1 Å². The van der Waals surface area contributed by atoms with Crippen LogP contribution in [0.2, 0.25) is 0 Å². The minimum absolute atomic E-state index is 0.147. The molecule has 1 aromatic carbocycles. The smallest absolute Gasteiger partial charge is 0.257 e. The number of nitrogens with one attached hydrogen (secondary N) is 1. The highest BCUT2D eigenvalue weighted by atomic mass is 19.1. The molecule has 3 N–H and O–H groups in total. The normalized spacial score (nSPS) is 17.1. The SMILES string of the molecule is CC(CNC(=O)c1c(F)ccc(N)c1F)N1CCCC1. The number of amides is 1. The lowest BCUT2D eigenvalue weighted by atomic mass is 10.1. The minimum Gasteiger partial charge on any atom is -0.396 e. The zero-order valence-electron chi connectivity index (χ0n) is 11.5. The lowest BCUT2D eigenvalue weighted by Gasteiger charge is -2.23. The van der Waals surface area contributed by atoms with Gasteiger partial charge in [0.2, 0.25) is 0 Å². The van der Waals surface area contributed by atoms with E-state index in [0.717, 1.165) is 38.1 Å². The molecule has 6 heteroatoms. The number of nitrogens with zero attached hydrogens (tertiary/aromatic N) is 1. The number of benzene rings is 1. The molecule has 1 atom stereocenters. The van der Waals surface area contributed by atoms with Crippen LogP contribution in [0.25, 0.3) is 0 Å². The number of hydrogen-bond donors (Lipinski definition) is 2. The fraction of sp³-hybridized carbons (Fsp3) is 0.500. The van der Waals surface area contributed by atoms with Crippen molar-refractivity contribution in [3.05, 3.63) is 29.3 Å². The van der Waals surface area contributed by atoms with Crippen LogP contribution in [-0.4, -0.2) is 36.5 Å². The average molecular weight is 283 g/mol. The zero-order valence-corrected chi connectivity index (χ0v) is 11.5. The Balaban J connectivity index is 2.00. The largest absolute Gasteiger partial charge is 0.396 e. The number of nitrogens with two attached hydrogens (primary N) is 1. The quantitative estimate of drug-likeness (QED) is 0.828. The Kier molecular flexibility index (Phi) is 4.54. The third kappa shape index (κ3) is 3.07. The number of halogens is 2. The summed E-state index contributed by atoms with van der Waals surface area (Å²) in [5.41, 5.74) is 4.51.